The number of rotatable bonds is 5. The number of hydrogen-bond donors (Lipinski definition) is 1. The van der Waals surface area contributed by atoms with Crippen LogP contribution in [-0.2, 0) is 11.3 Å². The molecule has 1 N–H and O–H groups in total. The normalized spacial score (nSPS) is 11.6. The number of aromatic amines is 1. The van der Waals surface area contributed by atoms with E-state index in [9.17, 15) is 4.79 Å². The zero-order valence-corrected chi connectivity index (χ0v) is 18.3. The molecule has 0 unspecified atom stereocenters. The van der Waals surface area contributed by atoms with Crippen LogP contribution in [0, 0.1) is 0 Å². The Hall–Kier alpha value is -2.34. The molecule has 0 bridgehead atoms. The van der Waals surface area contributed by atoms with Gasteiger partial charge < -0.3 is 14.6 Å². The molecular weight excluding hydrogens is 418 g/mol. The van der Waals surface area contributed by atoms with Crippen LogP contribution in [0.25, 0.3) is 22.0 Å². The Morgan fingerprint density at radius 1 is 1.18 bits per heavy atom. The van der Waals surface area contributed by atoms with Gasteiger partial charge in [0.25, 0.3) is 0 Å². The van der Waals surface area contributed by atoms with Crippen molar-refractivity contribution in [3.63, 3.8) is 0 Å². The van der Waals surface area contributed by atoms with Gasteiger partial charge in [0.05, 0.1) is 18.4 Å². The highest BCUT2D eigenvalue weighted by Crippen LogP contribution is 2.26. The molecule has 6 heteroatoms. The predicted molar refractivity (Wildman–Crippen MR) is 116 cm³/mol. The minimum Gasteiger partial charge on any atom is -0.444 e. The van der Waals surface area contributed by atoms with E-state index < -0.39 is 5.60 Å². The molecule has 0 spiro atoms. The number of fused-ring (bicyclic) bond motifs is 1. The fourth-order valence-corrected chi connectivity index (χ4v) is 3.36. The molecule has 3 rings (SSSR count). The molecule has 1 heterocycles. The highest BCUT2D eigenvalue weighted by Gasteiger charge is 2.22. The van der Waals surface area contributed by atoms with Crippen LogP contribution in [0.2, 0.25) is 0 Å². The summed E-state index contributed by atoms with van der Waals surface area (Å²) in [5, 5.41) is 2.34. The first-order valence-corrected chi connectivity index (χ1v) is 10.3. The van der Waals surface area contributed by atoms with E-state index in [0.29, 0.717) is 13.1 Å². The maximum absolute atomic E-state index is 12.5. The summed E-state index contributed by atoms with van der Waals surface area (Å²) in [6, 6.07) is 12.5. The third-order valence-electron chi connectivity index (χ3n) is 4.23. The van der Waals surface area contributed by atoms with Crippen LogP contribution >= 0.6 is 15.9 Å². The lowest BCUT2D eigenvalue weighted by molar-refractivity contribution is 0.0229. The van der Waals surface area contributed by atoms with Crippen LogP contribution in [0.15, 0.2) is 47.1 Å². The SMILES string of the molecule is CCCN(Cc1ncc(-c2ccc3cc(Br)ccc3c2)[nH]1)C(=O)OC(C)(C)C. The van der Waals surface area contributed by atoms with Crippen molar-refractivity contribution < 1.29 is 9.53 Å². The standard InChI is InChI=1S/C22H26BrN3O2/c1-5-10-26(21(27)28-22(2,3)4)14-20-24-13-19(25-20)17-7-6-16-12-18(23)9-8-15(16)11-17/h6-9,11-13H,5,10,14H2,1-4H3,(H,24,25). The molecule has 0 aliphatic heterocycles. The number of carbonyl (C=O) groups excluding carboxylic acids is 1. The quantitative estimate of drug-likeness (QED) is 0.514. The van der Waals surface area contributed by atoms with E-state index in [2.05, 4.69) is 56.2 Å². The van der Waals surface area contributed by atoms with Crippen LogP contribution < -0.4 is 0 Å². The lowest BCUT2D eigenvalue weighted by Gasteiger charge is -2.26. The van der Waals surface area contributed by atoms with Crippen LogP contribution in [0.5, 0.6) is 0 Å². The van der Waals surface area contributed by atoms with Gasteiger partial charge in [-0.05, 0) is 56.2 Å². The molecule has 2 aromatic carbocycles. The largest absolute Gasteiger partial charge is 0.444 e. The van der Waals surface area contributed by atoms with Gasteiger partial charge in [-0.3, -0.25) is 0 Å². The van der Waals surface area contributed by atoms with E-state index in [4.69, 9.17) is 4.74 Å². The first kappa shape index (κ1) is 20.4. The van der Waals surface area contributed by atoms with Crippen molar-refractivity contribution in [1.29, 1.82) is 0 Å². The fourth-order valence-electron chi connectivity index (χ4n) is 2.99. The number of halogens is 1. The summed E-state index contributed by atoms with van der Waals surface area (Å²) in [6.07, 6.45) is 2.35. The molecule has 0 radical (unpaired) electrons. The van der Waals surface area contributed by atoms with E-state index in [1.165, 1.54) is 10.8 Å². The number of carbonyl (C=O) groups is 1. The molecule has 1 aromatic heterocycles. The Morgan fingerprint density at radius 3 is 2.61 bits per heavy atom. The number of aromatic nitrogens is 2. The van der Waals surface area contributed by atoms with Gasteiger partial charge in [-0.25, -0.2) is 9.78 Å². The van der Waals surface area contributed by atoms with E-state index in [0.717, 1.165) is 28.0 Å². The molecule has 3 aromatic rings. The fraction of sp³-hybridized carbons (Fsp3) is 0.364. The molecule has 0 saturated carbocycles. The number of ether oxygens (including phenoxy) is 1. The minimum atomic E-state index is -0.516. The van der Waals surface area contributed by atoms with Crippen molar-refractivity contribution in [1.82, 2.24) is 14.9 Å². The molecule has 1 amide bonds. The number of imidazole rings is 1. The topological polar surface area (TPSA) is 58.2 Å². The second kappa shape index (κ2) is 8.35. The Kier molecular flexibility index (Phi) is 6.08. The number of H-pyrrole nitrogens is 1. The van der Waals surface area contributed by atoms with Gasteiger partial charge in [0.1, 0.15) is 11.4 Å². The number of amides is 1. The second-order valence-electron chi connectivity index (χ2n) is 7.85. The van der Waals surface area contributed by atoms with E-state index in [1.807, 2.05) is 40.0 Å². The summed E-state index contributed by atoms with van der Waals surface area (Å²) in [5.41, 5.74) is 1.48. The molecule has 0 fully saturated rings. The lowest BCUT2D eigenvalue weighted by atomic mass is 10.1. The van der Waals surface area contributed by atoms with Gasteiger partial charge in [0, 0.05) is 16.6 Å². The summed E-state index contributed by atoms with van der Waals surface area (Å²) in [5.74, 6) is 0.741. The molecular formula is C22H26BrN3O2. The van der Waals surface area contributed by atoms with Crippen molar-refractivity contribution in [3.8, 4) is 11.3 Å². The Balaban J connectivity index is 1.78. The molecule has 28 heavy (non-hydrogen) atoms. The maximum atomic E-state index is 12.5. The third kappa shape index (κ3) is 5.13. The molecule has 0 atom stereocenters. The van der Waals surface area contributed by atoms with Crippen LogP contribution in [0.3, 0.4) is 0 Å². The number of nitrogens with zero attached hydrogens (tertiary/aromatic N) is 2. The van der Waals surface area contributed by atoms with Gasteiger partial charge in [-0.15, -0.1) is 0 Å². The van der Waals surface area contributed by atoms with Crippen molar-refractivity contribution >= 4 is 32.8 Å². The van der Waals surface area contributed by atoms with Crippen molar-refractivity contribution in [2.24, 2.45) is 0 Å². The lowest BCUT2D eigenvalue weighted by Crippen LogP contribution is -2.37. The van der Waals surface area contributed by atoms with Crippen LogP contribution in [-0.4, -0.2) is 33.1 Å². The molecule has 0 aliphatic rings. The summed E-state index contributed by atoms with van der Waals surface area (Å²) < 4.78 is 6.58. The van der Waals surface area contributed by atoms with Gasteiger partial charge in [-0.2, -0.15) is 0 Å². The second-order valence-corrected chi connectivity index (χ2v) is 8.77. The van der Waals surface area contributed by atoms with E-state index in [1.54, 1.807) is 4.90 Å². The minimum absolute atomic E-state index is 0.316. The van der Waals surface area contributed by atoms with Crippen LogP contribution in [0.1, 0.15) is 39.9 Å². The maximum Gasteiger partial charge on any atom is 0.410 e. The van der Waals surface area contributed by atoms with E-state index >= 15 is 0 Å². The highest BCUT2D eigenvalue weighted by atomic mass is 79.9. The molecule has 148 valence electrons. The predicted octanol–water partition coefficient (Wildman–Crippen LogP) is 6.14. The van der Waals surface area contributed by atoms with Gasteiger partial charge in [-0.1, -0.05) is 41.1 Å². The Morgan fingerprint density at radius 2 is 1.89 bits per heavy atom. The molecule has 5 nitrogen and oxygen atoms in total. The molecule has 0 saturated heterocycles. The van der Waals surface area contributed by atoms with Crippen molar-refractivity contribution in [2.45, 2.75) is 46.3 Å². The Labute approximate surface area is 174 Å². The summed E-state index contributed by atoms with van der Waals surface area (Å²) >= 11 is 3.51. The first-order valence-electron chi connectivity index (χ1n) is 9.46. The first-order chi connectivity index (χ1) is 13.2. The number of nitrogens with one attached hydrogen (secondary N) is 1. The van der Waals surface area contributed by atoms with E-state index in [-0.39, 0.29) is 6.09 Å². The van der Waals surface area contributed by atoms with Crippen molar-refractivity contribution in [2.75, 3.05) is 6.54 Å². The summed E-state index contributed by atoms with van der Waals surface area (Å²) in [4.78, 5) is 22.0. The van der Waals surface area contributed by atoms with Gasteiger partial charge >= 0.3 is 6.09 Å². The molecule has 0 aliphatic carbocycles. The third-order valence-corrected chi connectivity index (χ3v) is 4.72. The smallest absolute Gasteiger partial charge is 0.410 e. The average Bonchev–Trinajstić information content (AvgIpc) is 3.08. The number of benzene rings is 2. The number of hydrogen-bond acceptors (Lipinski definition) is 3. The summed E-state index contributed by atoms with van der Waals surface area (Å²) in [7, 11) is 0. The van der Waals surface area contributed by atoms with Crippen LogP contribution in [0.4, 0.5) is 4.79 Å². The Bertz CT molecular complexity index is 975. The van der Waals surface area contributed by atoms with Gasteiger partial charge in [0.15, 0.2) is 0 Å². The zero-order chi connectivity index (χ0) is 20.3. The zero-order valence-electron chi connectivity index (χ0n) is 16.8. The highest BCUT2D eigenvalue weighted by molar-refractivity contribution is 9.10. The monoisotopic (exact) mass is 443 g/mol. The average molecular weight is 444 g/mol. The van der Waals surface area contributed by atoms with Gasteiger partial charge in [0.2, 0.25) is 0 Å². The summed E-state index contributed by atoms with van der Waals surface area (Å²) in [6.45, 7) is 8.67. The van der Waals surface area contributed by atoms with Crippen molar-refractivity contribution in [3.05, 3.63) is 52.9 Å².